The molecule has 1 aromatic rings. The van der Waals surface area contributed by atoms with Gasteiger partial charge in [-0.1, -0.05) is 42.5 Å². The summed E-state index contributed by atoms with van der Waals surface area (Å²) in [7, 11) is 2.08. The fourth-order valence-electron chi connectivity index (χ4n) is 2.19. The van der Waals surface area contributed by atoms with E-state index in [1.54, 1.807) is 0 Å². The minimum Gasteiger partial charge on any atom is -0.356 e. The van der Waals surface area contributed by atoms with Crippen LogP contribution in [0.3, 0.4) is 0 Å². The van der Waals surface area contributed by atoms with E-state index < -0.39 is 0 Å². The van der Waals surface area contributed by atoms with Crippen molar-refractivity contribution in [1.82, 2.24) is 15.1 Å². The van der Waals surface area contributed by atoms with Gasteiger partial charge in [-0.15, -0.1) is 0 Å². The molecule has 1 saturated heterocycles. The molecule has 2 rings (SSSR count). The Labute approximate surface area is 125 Å². The zero-order chi connectivity index (χ0) is 14.4. The Morgan fingerprint density at radius 3 is 2.50 bits per heavy atom. The van der Waals surface area contributed by atoms with Crippen molar-refractivity contribution in [3.05, 3.63) is 35.9 Å². The monoisotopic (exact) mass is 291 g/mol. The van der Waals surface area contributed by atoms with Crippen LogP contribution in [0, 0.1) is 0 Å². The van der Waals surface area contributed by atoms with Gasteiger partial charge in [-0.2, -0.15) is 0 Å². The number of hydrogen-bond acceptors (Lipinski definition) is 3. The zero-order valence-electron chi connectivity index (χ0n) is 11.8. The first-order valence-electron chi connectivity index (χ1n) is 6.96. The topological polar surface area (TPSA) is 35.6 Å². The number of rotatable bonds is 3. The molecule has 0 aromatic heterocycles. The number of thiocarbonyl (C=S) groups is 1. The maximum atomic E-state index is 12.0. The van der Waals surface area contributed by atoms with Crippen molar-refractivity contribution in [2.24, 2.45) is 0 Å². The molecule has 1 N–H and O–H groups in total. The zero-order valence-corrected chi connectivity index (χ0v) is 12.7. The second-order valence-corrected chi connectivity index (χ2v) is 5.47. The molecule has 1 aromatic carbocycles. The second kappa shape index (κ2) is 7.36. The van der Waals surface area contributed by atoms with Gasteiger partial charge in [0.05, 0.1) is 0 Å². The molecule has 0 bridgehead atoms. The average molecular weight is 291 g/mol. The first kappa shape index (κ1) is 14.9. The van der Waals surface area contributed by atoms with Crippen molar-refractivity contribution >= 4 is 23.1 Å². The van der Waals surface area contributed by atoms with E-state index in [2.05, 4.69) is 29.4 Å². The molecule has 1 aliphatic heterocycles. The molecule has 20 heavy (non-hydrogen) atoms. The Balaban J connectivity index is 1.73. The molecule has 108 valence electrons. The van der Waals surface area contributed by atoms with Gasteiger partial charge in [0.15, 0.2) is 4.99 Å². The van der Waals surface area contributed by atoms with Gasteiger partial charge in [-0.05, 0) is 19.0 Å². The normalized spacial score (nSPS) is 15.9. The molecule has 0 radical (unpaired) electrons. The van der Waals surface area contributed by atoms with Gasteiger partial charge in [0.1, 0.15) is 0 Å². The van der Waals surface area contributed by atoms with E-state index >= 15 is 0 Å². The third-order valence-electron chi connectivity index (χ3n) is 3.53. The summed E-state index contributed by atoms with van der Waals surface area (Å²) < 4.78 is 0. The Morgan fingerprint density at radius 1 is 1.20 bits per heavy atom. The predicted molar refractivity (Wildman–Crippen MR) is 84.8 cm³/mol. The van der Waals surface area contributed by atoms with Crippen LogP contribution in [0.15, 0.2) is 30.3 Å². The fraction of sp³-hybridized carbons (Fsp3) is 0.467. The summed E-state index contributed by atoms with van der Waals surface area (Å²) in [5, 5.41) is 2.90. The van der Waals surface area contributed by atoms with Gasteiger partial charge in [-0.25, -0.2) is 0 Å². The van der Waals surface area contributed by atoms with E-state index in [1.807, 2.05) is 23.1 Å². The third-order valence-corrected chi connectivity index (χ3v) is 3.97. The van der Waals surface area contributed by atoms with Crippen molar-refractivity contribution in [3.8, 4) is 0 Å². The third kappa shape index (κ3) is 4.28. The van der Waals surface area contributed by atoms with Gasteiger partial charge in [-0.3, -0.25) is 4.79 Å². The van der Waals surface area contributed by atoms with E-state index in [0.29, 0.717) is 11.5 Å². The van der Waals surface area contributed by atoms with Crippen LogP contribution in [-0.2, 0) is 11.2 Å². The van der Waals surface area contributed by atoms with Crippen LogP contribution in [0.5, 0.6) is 0 Å². The van der Waals surface area contributed by atoms with Gasteiger partial charge in [0.25, 0.3) is 5.91 Å². The van der Waals surface area contributed by atoms with Crippen LogP contribution < -0.4 is 5.32 Å². The van der Waals surface area contributed by atoms with Crippen molar-refractivity contribution < 1.29 is 4.79 Å². The van der Waals surface area contributed by atoms with Crippen molar-refractivity contribution in [3.63, 3.8) is 0 Å². The first-order chi connectivity index (χ1) is 9.66. The van der Waals surface area contributed by atoms with E-state index in [1.165, 1.54) is 5.56 Å². The highest BCUT2D eigenvalue weighted by atomic mass is 32.1. The molecule has 0 aliphatic carbocycles. The summed E-state index contributed by atoms with van der Waals surface area (Å²) in [4.78, 5) is 16.7. The van der Waals surface area contributed by atoms with E-state index in [9.17, 15) is 4.79 Å². The Kier molecular flexibility index (Phi) is 5.49. The standard InChI is InChI=1S/C15H21N3OS/c1-17-9-11-18(12-10-17)15(20)14(19)16-8-7-13-5-3-2-4-6-13/h2-6H,7-12H2,1H3,(H,16,19). The molecule has 0 spiro atoms. The highest BCUT2D eigenvalue weighted by molar-refractivity contribution is 7.82. The number of hydrogen-bond donors (Lipinski definition) is 1. The van der Waals surface area contributed by atoms with Crippen molar-refractivity contribution in [2.75, 3.05) is 39.8 Å². The minimum atomic E-state index is -0.125. The van der Waals surface area contributed by atoms with Gasteiger partial charge < -0.3 is 15.1 Å². The fourth-order valence-corrected chi connectivity index (χ4v) is 2.45. The van der Waals surface area contributed by atoms with Gasteiger partial charge >= 0.3 is 0 Å². The van der Waals surface area contributed by atoms with Crippen LogP contribution in [0.1, 0.15) is 5.56 Å². The summed E-state index contributed by atoms with van der Waals surface area (Å²) in [6.07, 6.45) is 0.831. The van der Waals surface area contributed by atoms with Crippen LogP contribution in [0.4, 0.5) is 0 Å². The van der Waals surface area contributed by atoms with Crippen LogP contribution in [0.25, 0.3) is 0 Å². The summed E-state index contributed by atoms with van der Waals surface area (Å²) in [6, 6.07) is 10.1. The van der Waals surface area contributed by atoms with Crippen LogP contribution >= 0.6 is 12.2 Å². The number of carbonyl (C=O) groups is 1. The molecule has 1 heterocycles. The van der Waals surface area contributed by atoms with Crippen molar-refractivity contribution in [2.45, 2.75) is 6.42 Å². The lowest BCUT2D eigenvalue weighted by Gasteiger charge is -2.33. The Morgan fingerprint density at radius 2 is 1.85 bits per heavy atom. The van der Waals surface area contributed by atoms with E-state index in [4.69, 9.17) is 12.2 Å². The lowest BCUT2D eigenvalue weighted by molar-refractivity contribution is -0.115. The van der Waals surface area contributed by atoms with Gasteiger partial charge in [0, 0.05) is 32.7 Å². The van der Waals surface area contributed by atoms with Crippen LogP contribution in [-0.4, -0.2) is 60.5 Å². The minimum absolute atomic E-state index is 0.125. The number of piperazine rings is 1. The number of benzene rings is 1. The first-order valence-corrected chi connectivity index (χ1v) is 7.37. The molecule has 0 unspecified atom stereocenters. The molecule has 1 fully saturated rings. The number of likely N-dealkylation sites (N-methyl/N-ethyl adjacent to an activating group) is 1. The largest absolute Gasteiger partial charge is 0.356 e. The Hall–Kier alpha value is -1.46. The predicted octanol–water partition coefficient (Wildman–Crippen LogP) is 0.920. The lowest BCUT2D eigenvalue weighted by atomic mass is 10.1. The number of carbonyl (C=O) groups excluding carboxylic acids is 1. The number of nitrogens with one attached hydrogen (secondary N) is 1. The molecule has 1 amide bonds. The molecule has 4 nitrogen and oxygen atoms in total. The maximum absolute atomic E-state index is 12.0. The van der Waals surface area contributed by atoms with Crippen molar-refractivity contribution in [1.29, 1.82) is 0 Å². The van der Waals surface area contributed by atoms with E-state index in [-0.39, 0.29) is 5.91 Å². The maximum Gasteiger partial charge on any atom is 0.278 e. The summed E-state index contributed by atoms with van der Waals surface area (Å²) >= 11 is 5.26. The SMILES string of the molecule is CN1CCN(C(=S)C(=O)NCCc2ccccc2)CC1. The lowest BCUT2D eigenvalue weighted by Crippen LogP contribution is -2.51. The van der Waals surface area contributed by atoms with E-state index in [0.717, 1.165) is 32.6 Å². The highest BCUT2D eigenvalue weighted by Gasteiger charge is 2.20. The number of amides is 1. The average Bonchev–Trinajstić information content (AvgIpc) is 2.48. The molecular formula is C15H21N3OS. The Bertz CT molecular complexity index is 455. The summed E-state index contributed by atoms with van der Waals surface area (Å²) in [5.74, 6) is -0.125. The molecule has 0 atom stereocenters. The molecule has 5 heteroatoms. The quantitative estimate of drug-likeness (QED) is 0.840. The summed E-state index contributed by atoms with van der Waals surface area (Å²) in [6.45, 7) is 4.20. The van der Waals surface area contributed by atoms with Gasteiger partial charge in [0.2, 0.25) is 0 Å². The smallest absolute Gasteiger partial charge is 0.278 e. The molecular weight excluding hydrogens is 270 g/mol. The molecule has 0 saturated carbocycles. The summed E-state index contributed by atoms with van der Waals surface area (Å²) in [5.41, 5.74) is 1.22. The second-order valence-electron chi connectivity index (χ2n) is 5.09. The highest BCUT2D eigenvalue weighted by Crippen LogP contribution is 2.02. The number of nitrogens with zero attached hydrogens (tertiary/aromatic N) is 2. The molecule has 1 aliphatic rings. The van der Waals surface area contributed by atoms with Crippen LogP contribution in [0.2, 0.25) is 0 Å².